The molecule has 3 rings (SSSR count). The zero-order valence-electron chi connectivity index (χ0n) is 11.0. The van der Waals surface area contributed by atoms with Crippen LogP contribution < -0.4 is 4.90 Å². The molecule has 1 aromatic carbocycles. The van der Waals surface area contributed by atoms with Crippen LogP contribution in [0.2, 0.25) is 0 Å². The maximum atomic E-state index is 2.66. The molecule has 92 valence electrons. The number of unbranched alkanes of at least 4 members (excludes halogenated alkanes) is 1. The minimum Gasteiger partial charge on any atom is -0.366 e. The average Bonchev–Trinajstić information content (AvgIpc) is 2.76. The van der Waals surface area contributed by atoms with Crippen molar-refractivity contribution in [3.05, 3.63) is 30.3 Å². The van der Waals surface area contributed by atoms with Crippen LogP contribution >= 0.6 is 0 Å². The van der Waals surface area contributed by atoms with E-state index in [9.17, 15) is 0 Å². The predicted molar refractivity (Wildman–Crippen MR) is 73.3 cm³/mol. The molecule has 2 fully saturated rings. The summed E-state index contributed by atoms with van der Waals surface area (Å²) < 4.78 is 0. The second-order valence-corrected chi connectivity index (χ2v) is 5.86. The Balaban J connectivity index is 1.76. The smallest absolute Gasteiger partial charge is 0.0438 e. The van der Waals surface area contributed by atoms with E-state index in [1.54, 1.807) is 0 Å². The van der Waals surface area contributed by atoms with Gasteiger partial charge in [0.15, 0.2) is 0 Å². The molecule has 0 spiro atoms. The van der Waals surface area contributed by atoms with Gasteiger partial charge in [0, 0.05) is 17.8 Å². The summed E-state index contributed by atoms with van der Waals surface area (Å²) in [5, 5.41) is 0. The molecule has 3 atom stereocenters. The highest BCUT2D eigenvalue weighted by molar-refractivity contribution is 5.54. The molecule has 0 unspecified atom stereocenters. The van der Waals surface area contributed by atoms with Crippen molar-refractivity contribution in [1.82, 2.24) is 0 Å². The van der Waals surface area contributed by atoms with E-state index in [1.165, 1.54) is 37.9 Å². The number of hydrogen-bond acceptors (Lipinski definition) is 1. The molecule has 0 amide bonds. The summed E-state index contributed by atoms with van der Waals surface area (Å²) in [5.41, 5.74) is 1.91. The first-order valence-corrected chi connectivity index (χ1v) is 7.11. The molecular weight excluding hydrogens is 206 g/mol. The Bertz CT molecular complexity index is 386. The van der Waals surface area contributed by atoms with E-state index in [4.69, 9.17) is 0 Å². The number of anilines is 1. The van der Waals surface area contributed by atoms with Crippen molar-refractivity contribution in [3.63, 3.8) is 0 Å². The molecule has 1 heterocycles. The van der Waals surface area contributed by atoms with Crippen LogP contribution in [0.5, 0.6) is 0 Å². The van der Waals surface area contributed by atoms with Crippen LogP contribution in [0, 0.1) is 11.8 Å². The summed E-state index contributed by atoms with van der Waals surface area (Å²) >= 11 is 0. The lowest BCUT2D eigenvalue weighted by Crippen LogP contribution is -2.34. The van der Waals surface area contributed by atoms with Gasteiger partial charge in [-0.3, -0.25) is 0 Å². The maximum Gasteiger partial charge on any atom is 0.0438 e. The number of benzene rings is 1. The van der Waals surface area contributed by atoms with Crippen molar-refractivity contribution in [1.29, 1.82) is 0 Å². The van der Waals surface area contributed by atoms with Crippen LogP contribution in [-0.2, 0) is 0 Å². The minimum atomic E-state index is 0.483. The van der Waals surface area contributed by atoms with Gasteiger partial charge in [0.25, 0.3) is 0 Å². The van der Waals surface area contributed by atoms with Gasteiger partial charge in [-0.25, -0.2) is 0 Å². The molecule has 1 saturated heterocycles. The molecular formula is C16H23N. The van der Waals surface area contributed by atoms with Gasteiger partial charge in [0.1, 0.15) is 0 Å². The van der Waals surface area contributed by atoms with E-state index < -0.39 is 0 Å². The summed E-state index contributed by atoms with van der Waals surface area (Å²) in [6, 6.07) is 11.0. The zero-order chi connectivity index (χ0) is 11.9. The predicted octanol–water partition coefficient (Wildman–Crippen LogP) is 4.09. The SMILES string of the molecule is CCCC[C@H]1[C@@H]2CCN(c3ccccc3)[C@]12C. The van der Waals surface area contributed by atoms with Crippen molar-refractivity contribution >= 4 is 5.69 Å². The van der Waals surface area contributed by atoms with E-state index in [1.807, 2.05) is 0 Å². The Kier molecular flexibility index (Phi) is 2.65. The van der Waals surface area contributed by atoms with Crippen molar-refractivity contribution in [2.24, 2.45) is 11.8 Å². The first-order chi connectivity index (χ1) is 8.28. The largest absolute Gasteiger partial charge is 0.366 e. The Morgan fingerprint density at radius 2 is 2.06 bits per heavy atom. The van der Waals surface area contributed by atoms with Gasteiger partial charge in [0.05, 0.1) is 0 Å². The van der Waals surface area contributed by atoms with Crippen LogP contribution in [-0.4, -0.2) is 12.1 Å². The van der Waals surface area contributed by atoms with Crippen LogP contribution in [0.4, 0.5) is 5.69 Å². The normalized spacial score (nSPS) is 34.8. The van der Waals surface area contributed by atoms with Crippen LogP contribution in [0.1, 0.15) is 39.5 Å². The quantitative estimate of drug-likeness (QED) is 0.751. The lowest BCUT2D eigenvalue weighted by molar-refractivity contribution is 0.523. The molecule has 0 bridgehead atoms. The van der Waals surface area contributed by atoms with Crippen molar-refractivity contribution in [2.45, 2.75) is 45.1 Å². The minimum absolute atomic E-state index is 0.483. The second-order valence-electron chi connectivity index (χ2n) is 5.86. The van der Waals surface area contributed by atoms with Gasteiger partial charge in [-0.15, -0.1) is 0 Å². The number of para-hydroxylation sites is 1. The Morgan fingerprint density at radius 1 is 1.29 bits per heavy atom. The third-order valence-corrected chi connectivity index (χ3v) is 5.06. The Morgan fingerprint density at radius 3 is 2.76 bits per heavy atom. The van der Waals surface area contributed by atoms with Gasteiger partial charge in [-0.1, -0.05) is 38.0 Å². The summed E-state index contributed by atoms with van der Waals surface area (Å²) in [6.07, 6.45) is 5.57. The highest BCUT2D eigenvalue weighted by atomic mass is 15.3. The first kappa shape index (κ1) is 11.1. The van der Waals surface area contributed by atoms with E-state index in [-0.39, 0.29) is 0 Å². The fraction of sp³-hybridized carbons (Fsp3) is 0.625. The number of rotatable bonds is 4. The van der Waals surface area contributed by atoms with E-state index in [0.717, 1.165) is 11.8 Å². The van der Waals surface area contributed by atoms with Gasteiger partial charge in [-0.2, -0.15) is 0 Å². The number of nitrogens with zero attached hydrogens (tertiary/aromatic N) is 1. The van der Waals surface area contributed by atoms with Crippen LogP contribution in [0.3, 0.4) is 0 Å². The molecule has 1 aliphatic heterocycles. The maximum absolute atomic E-state index is 2.66. The lowest BCUT2D eigenvalue weighted by atomic mass is 10.1. The fourth-order valence-corrected chi connectivity index (χ4v) is 4.02. The molecule has 2 aliphatic rings. The molecule has 1 aliphatic carbocycles. The van der Waals surface area contributed by atoms with Gasteiger partial charge in [-0.05, 0) is 43.7 Å². The van der Waals surface area contributed by atoms with Crippen LogP contribution in [0.25, 0.3) is 0 Å². The zero-order valence-corrected chi connectivity index (χ0v) is 11.0. The number of piperidine rings is 1. The molecule has 17 heavy (non-hydrogen) atoms. The standard InChI is InChI=1S/C16H23N/c1-3-4-10-14-15-11-12-17(16(14,15)2)13-8-6-5-7-9-13/h5-9,14-15H,3-4,10-12H2,1-2H3/t14-,15-,16+/m0/s1. The number of fused-ring (bicyclic) bond motifs is 1. The van der Waals surface area contributed by atoms with E-state index in [2.05, 4.69) is 49.1 Å². The summed E-state index contributed by atoms with van der Waals surface area (Å²) in [7, 11) is 0. The lowest BCUT2D eigenvalue weighted by Gasteiger charge is -2.29. The van der Waals surface area contributed by atoms with Gasteiger partial charge >= 0.3 is 0 Å². The van der Waals surface area contributed by atoms with E-state index >= 15 is 0 Å². The second kappa shape index (κ2) is 4.04. The molecule has 0 radical (unpaired) electrons. The third-order valence-electron chi connectivity index (χ3n) is 5.06. The topological polar surface area (TPSA) is 3.24 Å². The van der Waals surface area contributed by atoms with Crippen molar-refractivity contribution in [3.8, 4) is 0 Å². The fourth-order valence-electron chi connectivity index (χ4n) is 4.02. The molecule has 1 aromatic rings. The van der Waals surface area contributed by atoms with E-state index in [0.29, 0.717) is 5.54 Å². The first-order valence-electron chi connectivity index (χ1n) is 7.11. The molecule has 1 saturated carbocycles. The summed E-state index contributed by atoms with van der Waals surface area (Å²) in [4.78, 5) is 2.66. The summed E-state index contributed by atoms with van der Waals surface area (Å²) in [6.45, 7) is 6.04. The van der Waals surface area contributed by atoms with Crippen molar-refractivity contribution < 1.29 is 0 Å². The van der Waals surface area contributed by atoms with Crippen molar-refractivity contribution in [2.75, 3.05) is 11.4 Å². The number of hydrogen-bond donors (Lipinski definition) is 0. The summed E-state index contributed by atoms with van der Waals surface area (Å²) in [5.74, 6) is 1.92. The highest BCUT2D eigenvalue weighted by Crippen LogP contribution is 2.63. The Labute approximate surface area is 105 Å². The average molecular weight is 229 g/mol. The highest BCUT2D eigenvalue weighted by Gasteiger charge is 2.66. The third kappa shape index (κ3) is 1.59. The Hall–Kier alpha value is -0.980. The molecule has 1 nitrogen and oxygen atoms in total. The molecule has 0 N–H and O–H groups in total. The van der Waals surface area contributed by atoms with Gasteiger partial charge < -0.3 is 4.90 Å². The molecule has 1 heteroatoms. The van der Waals surface area contributed by atoms with Crippen LogP contribution in [0.15, 0.2) is 30.3 Å². The molecule has 0 aromatic heterocycles. The monoisotopic (exact) mass is 229 g/mol. The van der Waals surface area contributed by atoms with Gasteiger partial charge in [0.2, 0.25) is 0 Å².